The van der Waals surface area contributed by atoms with Crippen LogP contribution in [0.2, 0.25) is 0 Å². The summed E-state index contributed by atoms with van der Waals surface area (Å²) in [5.74, 6) is -0.458. The van der Waals surface area contributed by atoms with E-state index in [0.29, 0.717) is 16.8 Å². The molecule has 0 saturated heterocycles. The number of benzene rings is 2. The fourth-order valence-corrected chi connectivity index (χ4v) is 2.60. The molecule has 0 aliphatic rings. The van der Waals surface area contributed by atoms with Crippen LogP contribution in [0.15, 0.2) is 54.7 Å². The Morgan fingerprint density at radius 2 is 1.92 bits per heavy atom. The van der Waals surface area contributed by atoms with Crippen molar-refractivity contribution in [3.05, 3.63) is 65.9 Å². The topological polar surface area (TPSA) is 68.3 Å². The third-order valence-electron chi connectivity index (χ3n) is 3.81. The molecule has 1 heterocycles. The van der Waals surface area contributed by atoms with Crippen molar-refractivity contribution in [3.63, 3.8) is 0 Å². The number of nitrogens with one attached hydrogen (secondary N) is 1. The highest BCUT2D eigenvalue weighted by Crippen LogP contribution is 2.30. The first kappa shape index (κ1) is 16.6. The van der Waals surface area contributed by atoms with E-state index in [0.717, 1.165) is 16.6 Å². The normalized spacial score (nSPS) is 10.5. The van der Waals surface area contributed by atoms with Crippen LogP contribution in [0.5, 0.6) is 0 Å². The zero-order valence-corrected chi connectivity index (χ0v) is 14.1. The molecule has 0 atom stereocenters. The molecular weight excluding hydrogens is 316 g/mol. The Hall–Kier alpha value is -3.21. The lowest BCUT2D eigenvalue weighted by molar-refractivity contribution is 0.0527. The molecule has 126 valence electrons. The van der Waals surface area contributed by atoms with Gasteiger partial charge in [-0.15, -0.1) is 0 Å². The first-order chi connectivity index (χ1) is 12.1. The smallest absolute Gasteiger partial charge is 0.341 e. The number of carbonyl (C=O) groups excluding carboxylic acids is 2. The molecule has 3 rings (SSSR count). The van der Waals surface area contributed by atoms with Crippen molar-refractivity contribution < 1.29 is 14.3 Å². The number of nitrogens with zero attached hydrogens (tertiary/aromatic N) is 1. The van der Waals surface area contributed by atoms with Gasteiger partial charge in [0.1, 0.15) is 5.56 Å². The Kier molecular flexibility index (Phi) is 4.75. The molecule has 5 nitrogen and oxygen atoms in total. The highest BCUT2D eigenvalue weighted by atomic mass is 16.5. The fourth-order valence-electron chi connectivity index (χ4n) is 2.60. The molecule has 0 aliphatic carbocycles. The first-order valence-corrected chi connectivity index (χ1v) is 8.03. The number of ketones is 1. The summed E-state index contributed by atoms with van der Waals surface area (Å²) < 4.78 is 5.14. The maximum Gasteiger partial charge on any atom is 0.341 e. The minimum atomic E-state index is -0.439. The van der Waals surface area contributed by atoms with Crippen molar-refractivity contribution in [2.24, 2.45) is 0 Å². The second-order valence-electron chi connectivity index (χ2n) is 5.55. The second kappa shape index (κ2) is 7.13. The molecule has 0 radical (unpaired) electrons. The standard InChI is InChI=1S/C20H18N2O3/c1-3-25-20(24)17-12-21-18-10-5-4-9-16(18)19(17)22-15-8-6-7-14(11-15)13(2)23/h4-12H,3H2,1-2H3,(H,21,22). The molecule has 5 heteroatoms. The van der Waals surface area contributed by atoms with Crippen molar-refractivity contribution in [2.45, 2.75) is 13.8 Å². The second-order valence-corrected chi connectivity index (χ2v) is 5.55. The van der Waals surface area contributed by atoms with Gasteiger partial charge in [-0.05, 0) is 32.0 Å². The Balaban J connectivity index is 2.12. The lowest BCUT2D eigenvalue weighted by Gasteiger charge is -2.14. The number of para-hydroxylation sites is 1. The average molecular weight is 334 g/mol. The molecule has 25 heavy (non-hydrogen) atoms. The molecule has 1 aromatic heterocycles. The van der Waals surface area contributed by atoms with Crippen LogP contribution in [-0.4, -0.2) is 23.3 Å². The molecule has 1 N–H and O–H groups in total. The van der Waals surface area contributed by atoms with Crippen LogP contribution in [0, 0.1) is 0 Å². The molecule has 0 amide bonds. The zero-order valence-electron chi connectivity index (χ0n) is 14.1. The third kappa shape index (κ3) is 3.50. The van der Waals surface area contributed by atoms with E-state index < -0.39 is 5.97 Å². The van der Waals surface area contributed by atoms with E-state index in [1.54, 1.807) is 25.1 Å². The average Bonchev–Trinajstić information content (AvgIpc) is 2.62. The van der Waals surface area contributed by atoms with Crippen molar-refractivity contribution in [1.82, 2.24) is 4.98 Å². The number of anilines is 2. The molecule has 0 unspecified atom stereocenters. The fraction of sp³-hybridized carbons (Fsp3) is 0.150. The van der Waals surface area contributed by atoms with E-state index in [4.69, 9.17) is 4.74 Å². The van der Waals surface area contributed by atoms with Gasteiger partial charge in [-0.1, -0.05) is 30.3 Å². The van der Waals surface area contributed by atoms with Gasteiger partial charge in [0.25, 0.3) is 0 Å². The predicted octanol–water partition coefficient (Wildman–Crippen LogP) is 4.36. The van der Waals surface area contributed by atoms with E-state index >= 15 is 0 Å². The van der Waals surface area contributed by atoms with E-state index in [1.165, 1.54) is 13.1 Å². The summed E-state index contributed by atoms with van der Waals surface area (Å²) in [5, 5.41) is 4.06. The first-order valence-electron chi connectivity index (χ1n) is 8.03. The Morgan fingerprint density at radius 3 is 2.68 bits per heavy atom. The van der Waals surface area contributed by atoms with Crippen molar-refractivity contribution in [3.8, 4) is 0 Å². The van der Waals surface area contributed by atoms with Crippen LogP contribution < -0.4 is 5.32 Å². The third-order valence-corrected chi connectivity index (χ3v) is 3.81. The molecular formula is C20H18N2O3. The monoisotopic (exact) mass is 334 g/mol. The summed E-state index contributed by atoms with van der Waals surface area (Å²) in [6.07, 6.45) is 1.51. The Morgan fingerprint density at radius 1 is 1.12 bits per heavy atom. The number of aromatic nitrogens is 1. The molecule has 0 bridgehead atoms. The number of carbonyl (C=O) groups is 2. The van der Waals surface area contributed by atoms with Crippen LogP contribution in [0.4, 0.5) is 11.4 Å². The SMILES string of the molecule is CCOC(=O)c1cnc2ccccc2c1Nc1cccc(C(C)=O)c1. The lowest BCUT2D eigenvalue weighted by atomic mass is 10.1. The van der Waals surface area contributed by atoms with Crippen LogP contribution in [-0.2, 0) is 4.74 Å². The van der Waals surface area contributed by atoms with Gasteiger partial charge in [-0.25, -0.2) is 4.79 Å². The van der Waals surface area contributed by atoms with Gasteiger partial charge in [0.2, 0.25) is 0 Å². The van der Waals surface area contributed by atoms with Crippen LogP contribution in [0.1, 0.15) is 34.6 Å². The van der Waals surface area contributed by atoms with Gasteiger partial charge in [-0.3, -0.25) is 9.78 Å². The number of Topliss-reactive ketones (excluding diaryl/α,β-unsaturated/α-hetero) is 1. The van der Waals surface area contributed by atoms with Crippen molar-refractivity contribution in [1.29, 1.82) is 0 Å². The van der Waals surface area contributed by atoms with Gasteiger partial charge in [0, 0.05) is 22.8 Å². The molecule has 0 spiro atoms. The molecule has 0 saturated carbocycles. The number of esters is 1. The number of hydrogen-bond donors (Lipinski definition) is 1. The summed E-state index contributed by atoms with van der Waals surface area (Å²) in [5.41, 5.74) is 3.05. The van der Waals surface area contributed by atoms with Gasteiger partial charge < -0.3 is 10.1 Å². The summed E-state index contributed by atoms with van der Waals surface area (Å²) >= 11 is 0. The predicted molar refractivity (Wildman–Crippen MR) is 97.4 cm³/mol. The van der Waals surface area contributed by atoms with Crippen LogP contribution >= 0.6 is 0 Å². The summed E-state index contributed by atoms with van der Waals surface area (Å²) in [7, 11) is 0. The molecule has 0 aliphatic heterocycles. The van der Waals surface area contributed by atoms with Crippen molar-refractivity contribution in [2.75, 3.05) is 11.9 Å². The van der Waals surface area contributed by atoms with Crippen molar-refractivity contribution >= 4 is 34.0 Å². The molecule has 3 aromatic rings. The van der Waals surface area contributed by atoms with E-state index in [9.17, 15) is 9.59 Å². The number of pyridine rings is 1. The Labute approximate surface area is 145 Å². The summed E-state index contributed by atoms with van der Waals surface area (Å²) in [4.78, 5) is 28.3. The summed E-state index contributed by atoms with van der Waals surface area (Å²) in [6.45, 7) is 3.56. The van der Waals surface area contributed by atoms with Gasteiger partial charge in [-0.2, -0.15) is 0 Å². The van der Waals surface area contributed by atoms with Gasteiger partial charge >= 0.3 is 5.97 Å². The largest absolute Gasteiger partial charge is 0.462 e. The lowest BCUT2D eigenvalue weighted by Crippen LogP contribution is -2.09. The summed E-state index contributed by atoms with van der Waals surface area (Å²) in [6, 6.07) is 14.7. The maximum atomic E-state index is 12.3. The van der Waals surface area contributed by atoms with Crippen LogP contribution in [0.25, 0.3) is 10.9 Å². The maximum absolute atomic E-state index is 12.3. The van der Waals surface area contributed by atoms with E-state index in [2.05, 4.69) is 10.3 Å². The van der Waals surface area contributed by atoms with Crippen LogP contribution in [0.3, 0.4) is 0 Å². The highest BCUT2D eigenvalue weighted by Gasteiger charge is 2.17. The Bertz CT molecular complexity index is 951. The molecule has 2 aromatic carbocycles. The number of hydrogen-bond acceptors (Lipinski definition) is 5. The minimum absolute atomic E-state index is 0.0196. The van der Waals surface area contributed by atoms with E-state index in [1.807, 2.05) is 30.3 Å². The van der Waals surface area contributed by atoms with Gasteiger partial charge in [0.15, 0.2) is 5.78 Å². The number of rotatable bonds is 5. The highest BCUT2D eigenvalue weighted by molar-refractivity contribution is 6.06. The van der Waals surface area contributed by atoms with E-state index in [-0.39, 0.29) is 12.4 Å². The van der Waals surface area contributed by atoms with Gasteiger partial charge in [0.05, 0.1) is 17.8 Å². The zero-order chi connectivity index (χ0) is 17.8. The number of fused-ring (bicyclic) bond motifs is 1. The molecule has 0 fully saturated rings. The number of ether oxygens (including phenoxy) is 1. The quantitative estimate of drug-likeness (QED) is 0.555. The minimum Gasteiger partial charge on any atom is -0.462 e.